The van der Waals surface area contributed by atoms with Crippen LogP contribution in [0, 0.1) is 0 Å². The smallest absolute Gasteiger partial charge is 0.137 e. The van der Waals surface area contributed by atoms with Crippen LogP contribution in [-0.2, 0) is 6.54 Å². The van der Waals surface area contributed by atoms with Gasteiger partial charge in [0.05, 0.1) is 5.69 Å². The molecule has 2 heterocycles. The number of aromatic nitrogens is 2. The summed E-state index contributed by atoms with van der Waals surface area (Å²) in [7, 11) is 2.24. The highest BCUT2D eigenvalue weighted by Crippen LogP contribution is 2.32. The van der Waals surface area contributed by atoms with Gasteiger partial charge in [0.25, 0.3) is 0 Å². The molecule has 3 nitrogen and oxygen atoms in total. The predicted octanol–water partition coefficient (Wildman–Crippen LogP) is 3.05. The Hall–Kier alpha value is -1.00. The molecule has 0 amide bonds. The summed E-state index contributed by atoms with van der Waals surface area (Å²) < 4.78 is 2.10. The zero-order chi connectivity index (χ0) is 13.2. The topological polar surface area (TPSA) is 20.5 Å². The van der Waals surface area contributed by atoms with E-state index in [1.54, 1.807) is 0 Å². The largest absolute Gasteiger partial charge is 0.307 e. The van der Waals surface area contributed by atoms with Crippen molar-refractivity contribution < 1.29 is 0 Å². The van der Waals surface area contributed by atoms with Gasteiger partial charge in [-0.1, -0.05) is 12.5 Å². The fourth-order valence-electron chi connectivity index (χ4n) is 3.12. The SMILES string of the molecule is CS[C@H]1CCC[C@H]1N(C)Cc1cn2ccccc2n1. The number of hydrogen-bond donors (Lipinski definition) is 0. The Kier molecular flexibility index (Phi) is 3.80. The molecule has 19 heavy (non-hydrogen) atoms. The third-order valence-electron chi connectivity index (χ3n) is 4.11. The first-order valence-electron chi connectivity index (χ1n) is 6.93. The summed E-state index contributed by atoms with van der Waals surface area (Å²) in [5.41, 5.74) is 2.21. The summed E-state index contributed by atoms with van der Waals surface area (Å²) >= 11 is 2.02. The molecule has 3 rings (SSSR count). The van der Waals surface area contributed by atoms with E-state index < -0.39 is 0 Å². The molecule has 4 heteroatoms. The van der Waals surface area contributed by atoms with E-state index in [1.165, 1.54) is 25.0 Å². The Morgan fingerprint density at radius 3 is 3.11 bits per heavy atom. The molecule has 1 aliphatic carbocycles. The van der Waals surface area contributed by atoms with Crippen LogP contribution in [0.2, 0.25) is 0 Å². The molecule has 0 unspecified atom stereocenters. The summed E-state index contributed by atoms with van der Waals surface area (Å²) in [6.07, 6.45) is 10.5. The number of imidazole rings is 1. The molecule has 2 aromatic rings. The van der Waals surface area contributed by atoms with Crippen molar-refractivity contribution in [3.8, 4) is 0 Å². The van der Waals surface area contributed by atoms with Crippen LogP contribution in [0.5, 0.6) is 0 Å². The fourth-order valence-corrected chi connectivity index (χ4v) is 4.18. The van der Waals surface area contributed by atoms with E-state index in [0.717, 1.165) is 17.4 Å². The first-order valence-corrected chi connectivity index (χ1v) is 8.22. The molecule has 0 aromatic carbocycles. The average Bonchev–Trinajstić information content (AvgIpc) is 3.03. The zero-order valence-corrected chi connectivity index (χ0v) is 12.4. The molecule has 1 aliphatic rings. The van der Waals surface area contributed by atoms with Crippen LogP contribution < -0.4 is 0 Å². The van der Waals surface area contributed by atoms with Crippen molar-refractivity contribution in [1.82, 2.24) is 14.3 Å². The number of hydrogen-bond acceptors (Lipinski definition) is 3. The van der Waals surface area contributed by atoms with Crippen molar-refractivity contribution in [3.05, 3.63) is 36.3 Å². The standard InChI is InChI=1S/C15H21N3S/c1-17(13-6-5-7-14(13)19-2)10-12-11-18-9-4-3-8-15(18)16-12/h3-4,8-9,11,13-14H,5-7,10H2,1-2H3/t13-,14+/m1/s1. The van der Waals surface area contributed by atoms with Crippen molar-refractivity contribution in [1.29, 1.82) is 0 Å². The van der Waals surface area contributed by atoms with E-state index in [4.69, 9.17) is 0 Å². The Bertz CT molecular complexity index is 518. The summed E-state index contributed by atoms with van der Waals surface area (Å²) in [6.45, 7) is 0.948. The van der Waals surface area contributed by atoms with Crippen molar-refractivity contribution >= 4 is 17.4 Å². The highest BCUT2D eigenvalue weighted by Gasteiger charge is 2.29. The van der Waals surface area contributed by atoms with Gasteiger partial charge < -0.3 is 4.40 Å². The molecule has 1 saturated carbocycles. The summed E-state index contributed by atoms with van der Waals surface area (Å²) in [5.74, 6) is 0. The number of rotatable bonds is 4. The maximum atomic E-state index is 4.69. The van der Waals surface area contributed by atoms with Gasteiger partial charge in [-0.3, -0.25) is 4.90 Å². The number of fused-ring (bicyclic) bond motifs is 1. The molecule has 1 fully saturated rings. The van der Waals surface area contributed by atoms with E-state index in [-0.39, 0.29) is 0 Å². The van der Waals surface area contributed by atoms with Crippen LogP contribution in [0.15, 0.2) is 30.6 Å². The summed E-state index contributed by atoms with van der Waals surface area (Å²) in [5, 5.41) is 0.794. The molecule has 2 aromatic heterocycles. The van der Waals surface area contributed by atoms with E-state index in [1.807, 2.05) is 23.9 Å². The highest BCUT2D eigenvalue weighted by molar-refractivity contribution is 7.99. The first-order chi connectivity index (χ1) is 9.28. The molecule has 0 aliphatic heterocycles. The molecule has 2 atom stereocenters. The second-order valence-corrected chi connectivity index (χ2v) is 6.46. The van der Waals surface area contributed by atoms with Crippen molar-refractivity contribution in [3.63, 3.8) is 0 Å². The van der Waals surface area contributed by atoms with Crippen LogP contribution in [-0.4, -0.2) is 38.9 Å². The maximum absolute atomic E-state index is 4.69. The Morgan fingerprint density at radius 1 is 1.42 bits per heavy atom. The number of nitrogens with zero attached hydrogens (tertiary/aromatic N) is 3. The van der Waals surface area contributed by atoms with Crippen LogP contribution in [0.1, 0.15) is 25.0 Å². The lowest BCUT2D eigenvalue weighted by Gasteiger charge is -2.28. The van der Waals surface area contributed by atoms with Crippen molar-refractivity contribution in [2.75, 3.05) is 13.3 Å². The quantitative estimate of drug-likeness (QED) is 0.855. The Morgan fingerprint density at radius 2 is 2.32 bits per heavy atom. The fraction of sp³-hybridized carbons (Fsp3) is 0.533. The van der Waals surface area contributed by atoms with Gasteiger partial charge in [-0.25, -0.2) is 4.98 Å². The van der Waals surface area contributed by atoms with Gasteiger partial charge in [-0.05, 0) is 38.3 Å². The van der Waals surface area contributed by atoms with Crippen molar-refractivity contribution in [2.24, 2.45) is 0 Å². The molecule has 0 saturated heterocycles. The number of pyridine rings is 1. The molecular formula is C15H21N3S. The van der Waals surface area contributed by atoms with E-state index in [9.17, 15) is 0 Å². The van der Waals surface area contributed by atoms with Crippen LogP contribution in [0.25, 0.3) is 5.65 Å². The minimum Gasteiger partial charge on any atom is -0.307 e. The first kappa shape index (κ1) is 13.0. The third-order valence-corrected chi connectivity index (χ3v) is 5.27. The molecule has 0 N–H and O–H groups in total. The molecule has 0 bridgehead atoms. The zero-order valence-electron chi connectivity index (χ0n) is 11.6. The second kappa shape index (κ2) is 5.55. The van der Waals surface area contributed by atoms with E-state index in [0.29, 0.717) is 6.04 Å². The maximum Gasteiger partial charge on any atom is 0.137 e. The monoisotopic (exact) mass is 275 g/mol. The minimum absolute atomic E-state index is 0.708. The van der Waals surface area contributed by atoms with Crippen molar-refractivity contribution in [2.45, 2.75) is 37.1 Å². The minimum atomic E-state index is 0.708. The summed E-state index contributed by atoms with van der Waals surface area (Å²) in [4.78, 5) is 7.17. The lowest BCUT2D eigenvalue weighted by atomic mass is 10.2. The lowest BCUT2D eigenvalue weighted by molar-refractivity contribution is 0.239. The van der Waals surface area contributed by atoms with Gasteiger partial charge in [-0.2, -0.15) is 11.8 Å². The molecular weight excluding hydrogens is 254 g/mol. The van der Waals surface area contributed by atoms with Gasteiger partial charge >= 0.3 is 0 Å². The Balaban J connectivity index is 1.73. The highest BCUT2D eigenvalue weighted by atomic mass is 32.2. The van der Waals surface area contributed by atoms with Gasteiger partial charge in [0.2, 0.25) is 0 Å². The van der Waals surface area contributed by atoms with Crippen LogP contribution in [0.4, 0.5) is 0 Å². The number of thioether (sulfide) groups is 1. The van der Waals surface area contributed by atoms with Crippen LogP contribution in [0.3, 0.4) is 0 Å². The molecule has 102 valence electrons. The lowest BCUT2D eigenvalue weighted by Crippen LogP contribution is -2.35. The molecule has 0 radical (unpaired) electrons. The summed E-state index contributed by atoms with van der Waals surface area (Å²) in [6, 6.07) is 6.85. The van der Waals surface area contributed by atoms with Gasteiger partial charge in [0, 0.05) is 30.2 Å². The van der Waals surface area contributed by atoms with Gasteiger partial charge in [0.15, 0.2) is 0 Å². The van der Waals surface area contributed by atoms with E-state index >= 15 is 0 Å². The molecule has 0 spiro atoms. The second-order valence-electron chi connectivity index (χ2n) is 5.39. The normalized spacial score (nSPS) is 23.5. The van der Waals surface area contributed by atoms with Gasteiger partial charge in [-0.15, -0.1) is 0 Å². The van der Waals surface area contributed by atoms with Crippen LogP contribution >= 0.6 is 11.8 Å². The predicted molar refractivity (Wildman–Crippen MR) is 81.6 cm³/mol. The Labute approximate surface area is 119 Å². The van der Waals surface area contributed by atoms with E-state index in [2.05, 4.69) is 46.0 Å². The van der Waals surface area contributed by atoms with Gasteiger partial charge in [0.1, 0.15) is 5.65 Å². The third kappa shape index (κ3) is 2.65. The average molecular weight is 275 g/mol.